The highest BCUT2D eigenvalue weighted by atomic mass is 35.5. The van der Waals surface area contributed by atoms with Crippen molar-refractivity contribution in [2.24, 2.45) is 0 Å². The maximum atomic E-state index is 12.4. The van der Waals surface area contributed by atoms with Crippen LogP contribution in [0.4, 0.5) is 0 Å². The van der Waals surface area contributed by atoms with Crippen molar-refractivity contribution in [1.29, 1.82) is 0 Å². The standard InChI is InChI=1S/C21H15Cl2N3OS2/c1-25-20(27)18(29-21(25)28)9-15-12-26(11-14-7-8-16(22)10-17(14)23)24-19(15)13-5-3-2-4-6-13/h2-10,12H,11H2,1H3/b18-9-. The lowest BCUT2D eigenvalue weighted by molar-refractivity contribution is -0.121. The van der Waals surface area contributed by atoms with Gasteiger partial charge in [0.2, 0.25) is 0 Å². The van der Waals surface area contributed by atoms with Gasteiger partial charge in [0.1, 0.15) is 4.32 Å². The quantitative estimate of drug-likeness (QED) is 0.368. The molecule has 0 radical (unpaired) electrons. The molecule has 2 heterocycles. The fourth-order valence-electron chi connectivity index (χ4n) is 2.96. The van der Waals surface area contributed by atoms with E-state index < -0.39 is 0 Å². The minimum absolute atomic E-state index is 0.104. The molecule has 4 rings (SSSR count). The third kappa shape index (κ3) is 4.26. The molecule has 4 nitrogen and oxygen atoms in total. The van der Waals surface area contributed by atoms with Gasteiger partial charge in [-0.15, -0.1) is 0 Å². The van der Waals surface area contributed by atoms with Gasteiger partial charge in [-0.25, -0.2) is 0 Å². The molecule has 1 amide bonds. The van der Waals surface area contributed by atoms with Crippen molar-refractivity contribution in [2.75, 3.05) is 7.05 Å². The number of carbonyl (C=O) groups excluding carboxylic acids is 1. The fourth-order valence-corrected chi connectivity index (χ4v) is 4.59. The molecule has 29 heavy (non-hydrogen) atoms. The molecule has 146 valence electrons. The van der Waals surface area contributed by atoms with Crippen LogP contribution in [0.1, 0.15) is 11.1 Å². The summed E-state index contributed by atoms with van der Waals surface area (Å²) in [5, 5.41) is 5.93. The molecule has 3 aromatic rings. The fraction of sp³-hybridized carbons (Fsp3) is 0.0952. The molecule has 1 aromatic heterocycles. The molecule has 1 saturated heterocycles. The Labute approximate surface area is 188 Å². The van der Waals surface area contributed by atoms with Gasteiger partial charge >= 0.3 is 0 Å². The Morgan fingerprint density at radius 1 is 1.17 bits per heavy atom. The van der Waals surface area contributed by atoms with Crippen LogP contribution in [-0.4, -0.2) is 32.0 Å². The summed E-state index contributed by atoms with van der Waals surface area (Å²) in [6.07, 6.45) is 3.76. The smallest absolute Gasteiger partial charge is 0.265 e. The van der Waals surface area contributed by atoms with E-state index in [0.29, 0.717) is 25.8 Å². The summed E-state index contributed by atoms with van der Waals surface area (Å²) < 4.78 is 2.36. The third-order valence-electron chi connectivity index (χ3n) is 4.46. The summed E-state index contributed by atoms with van der Waals surface area (Å²) in [6, 6.07) is 15.3. The van der Waals surface area contributed by atoms with Crippen LogP contribution in [0.3, 0.4) is 0 Å². The van der Waals surface area contributed by atoms with Gasteiger partial charge in [0.15, 0.2) is 0 Å². The molecule has 8 heteroatoms. The lowest BCUT2D eigenvalue weighted by Crippen LogP contribution is -2.22. The molecule has 0 atom stereocenters. The minimum Gasteiger partial charge on any atom is -0.296 e. The number of aromatic nitrogens is 2. The number of nitrogens with zero attached hydrogens (tertiary/aromatic N) is 3. The van der Waals surface area contributed by atoms with Crippen molar-refractivity contribution >= 4 is 63.5 Å². The molecular formula is C21H15Cl2N3OS2. The largest absolute Gasteiger partial charge is 0.296 e. The summed E-state index contributed by atoms with van der Waals surface area (Å²) in [4.78, 5) is 14.5. The summed E-state index contributed by atoms with van der Waals surface area (Å²) in [5.74, 6) is -0.104. The van der Waals surface area contributed by atoms with Gasteiger partial charge in [0, 0.05) is 34.4 Å². The SMILES string of the molecule is CN1C(=O)/C(=C/c2cn(Cc3ccc(Cl)cc3Cl)nc2-c2ccccc2)SC1=S. The van der Waals surface area contributed by atoms with Gasteiger partial charge < -0.3 is 0 Å². The van der Waals surface area contributed by atoms with Crippen LogP contribution in [0.2, 0.25) is 10.0 Å². The number of rotatable bonds is 4. The Balaban J connectivity index is 1.75. The highest BCUT2D eigenvalue weighted by Gasteiger charge is 2.29. The van der Waals surface area contributed by atoms with E-state index >= 15 is 0 Å². The monoisotopic (exact) mass is 459 g/mol. The van der Waals surface area contributed by atoms with Gasteiger partial charge in [-0.1, -0.05) is 83.6 Å². The number of carbonyl (C=O) groups is 1. The lowest BCUT2D eigenvalue weighted by atomic mass is 10.1. The van der Waals surface area contributed by atoms with E-state index in [9.17, 15) is 4.79 Å². The molecule has 0 unspecified atom stereocenters. The number of hydrogen-bond acceptors (Lipinski definition) is 4. The predicted molar refractivity (Wildman–Crippen MR) is 124 cm³/mol. The zero-order valence-electron chi connectivity index (χ0n) is 15.3. The highest BCUT2D eigenvalue weighted by molar-refractivity contribution is 8.26. The van der Waals surface area contributed by atoms with Crippen LogP contribution in [0.5, 0.6) is 0 Å². The Morgan fingerprint density at radius 2 is 1.93 bits per heavy atom. The Hall–Kier alpha value is -2.12. The van der Waals surface area contributed by atoms with Gasteiger partial charge in [0.25, 0.3) is 5.91 Å². The molecule has 1 aliphatic rings. The van der Waals surface area contributed by atoms with Crippen LogP contribution in [-0.2, 0) is 11.3 Å². The second-order valence-electron chi connectivity index (χ2n) is 6.47. The number of benzene rings is 2. The number of amides is 1. The lowest BCUT2D eigenvalue weighted by Gasteiger charge is -2.05. The van der Waals surface area contributed by atoms with Crippen LogP contribution >= 0.6 is 47.2 Å². The van der Waals surface area contributed by atoms with E-state index in [2.05, 4.69) is 0 Å². The topological polar surface area (TPSA) is 38.1 Å². The maximum absolute atomic E-state index is 12.4. The van der Waals surface area contributed by atoms with Crippen molar-refractivity contribution in [3.05, 3.63) is 80.8 Å². The van der Waals surface area contributed by atoms with Crippen molar-refractivity contribution in [3.63, 3.8) is 0 Å². The maximum Gasteiger partial charge on any atom is 0.265 e. The molecule has 0 bridgehead atoms. The number of likely N-dealkylation sites (N-methyl/N-ethyl adjacent to an activating group) is 1. The third-order valence-corrected chi connectivity index (χ3v) is 6.53. The summed E-state index contributed by atoms with van der Waals surface area (Å²) in [6.45, 7) is 0.485. The van der Waals surface area contributed by atoms with E-state index in [0.717, 1.165) is 22.4 Å². The van der Waals surface area contributed by atoms with Crippen molar-refractivity contribution in [3.8, 4) is 11.3 Å². The van der Waals surface area contributed by atoms with Crippen LogP contribution in [0.15, 0.2) is 59.6 Å². The number of thioether (sulfide) groups is 1. The summed E-state index contributed by atoms with van der Waals surface area (Å²) >= 11 is 18.9. The van der Waals surface area contributed by atoms with E-state index in [1.807, 2.05) is 53.4 Å². The van der Waals surface area contributed by atoms with E-state index in [4.69, 9.17) is 40.5 Å². The molecule has 0 spiro atoms. The van der Waals surface area contributed by atoms with Crippen LogP contribution in [0, 0.1) is 0 Å². The molecule has 0 N–H and O–H groups in total. The average Bonchev–Trinajstić information content (AvgIpc) is 3.21. The first-order valence-corrected chi connectivity index (χ1v) is 10.7. The first kappa shape index (κ1) is 20.2. The zero-order valence-corrected chi connectivity index (χ0v) is 18.4. The van der Waals surface area contributed by atoms with Crippen LogP contribution < -0.4 is 0 Å². The van der Waals surface area contributed by atoms with Crippen LogP contribution in [0.25, 0.3) is 17.3 Å². The highest BCUT2D eigenvalue weighted by Crippen LogP contribution is 2.34. The number of halogens is 2. The second kappa shape index (κ2) is 8.32. The number of hydrogen-bond donors (Lipinski definition) is 0. The first-order valence-electron chi connectivity index (χ1n) is 8.71. The Kier molecular flexibility index (Phi) is 5.79. The van der Waals surface area contributed by atoms with Crippen molar-refractivity contribution in [2.45, 2.75) is 6.54 Å². The van der Waals surface area contributed by atoms with Gasteiger partial charge in [-0.05, 0) is 23.8 Å². The van der Waals surface area contributed by atoms with Gasteiger partial charge in [-0.2, -0.15) is 5.10 Å². The molecule has 2 aromatic carbocycles. The normalized spacial score (nSPS) is 15.6. The molecule has 1 fully saturated rings. The number of thiocarbonyl (C=S) groups is 1. The first-order chi connectivity index (χ1) is 13.9. The van der Waals surface area contributed by atoms with E-state index in [1.54, 1.807) is 19.2 Å². The Morgan fingerprint density at radius 3 is 2.59 bits per heavy atom. The summed E-state index contributed by atoms with van der Waals surface area (Å²) in [5.41, 5.74) is 3.50. The molecule has 0 saturated carbocycles. The Bertz CT molecular complexity index is 1140. The zero-order chi connectivity index (χ0) is 20.5. The summed E-state index contributed by atoms with van der Waals surface area (Å²) in [7, 11) is 1.68. The second-order valence-corrected chi connectivity index (χ2v) is 8.99. The van der Waals surface area contributed by atoms with Crippen molar-refractivity contribution < 1.29 is 4.79 Å². The van der Waals surface area contributed by atoms with Gasteiger partial charge in [0.05, 0.1) is 17.1 Å². The molecular weight excluding hydrogens is 445 g/mol. The van der Waals surface area contributed by atoms with E-state index in [-0.39, 0.29) is 5.91 Å². The minimum atomic E-state index is -0.104. The van der Waals surface area contributed by atoms with E-state index in [1.165, 1.54) is 16.7 Å². The molecule has 0 aliphatic carbocycles. The van der Waals surface area contributed by atoms with Crippen molar-refractivity contribution in [1.82, 2.24) is 14.7 Å². The predicted octanol–water partition coefficient (Wildman–Crippen LogP) is 5.74. The molecule has 1 aliphatic heterocycles. The average molecular weight is 460 g/mol. The van der Waals surface area contributed by atoms with Gasteiger partial charge in [-0.3, -0.25) is 14.4 Å².